The van der Waals surface area contributed by atoms with E-state index in [4.69, 9.17) is 23.2 Å². The summed E-state index contributed by atoms with van der Waals surface area (Å²) in [6, 6.07) is 17.1. The average molecular weight is 669 g/mol. The molecule has 7 nitrogen and oxygen atoms in total. The molecule has 0 aliphatic heterocycles. The van der Waals surface area contributed by atoms with E-state index in [0.29, 0.717) is 27.7 Å². The molecule has 214 valence electrons. The van der Waals surface area contributed by atoms with E-state index < -0.39 is 28.5 Å². The van der Waals surface area contributed by atoms with E-state index in [0.717, 1.165) is 14.3 Å². The molecule has 40 heavy (non-hydrogen) atoms. The van der Waals surface area contributed by atoms with Crippen LogP contribution in [0.1, 0.15) is 38.3 Å². The Balaban J connectivity index is 2.07. The Morgan fingerprint density at radius 2 is 1.57 bits per heavy atom. The van der Waals surface area contributed by atoms with Gasteiger partial charge in [-0.15, -0.1) is 0 Å². The topological polar surface area (TPSA) is 86.8 Å². The lowest BCUT2D eigenvalue weighted by Gasteiger charge is -2.33. The van der Waals surface area contributed by atoms with Crippen LogP contribution >= 0.6 is 39.1 Å². The molecule has 0 saturated carbocycles. The molecule has 1 N–H and O–H groups in total. The van der Waals surface area contributed by atoms with E-state index >= 15 is 0 Å². The Hall–Kier alpha value is -2.59. The van der Waals surface area contributed by atoms with Gasteiger partial charge in [0.25, 0.3) is 10.0 Å². The quantitative estimate of drug-likeness (QED) is 0.250. The molecule has 0 radical (unpaired) electrons. The first-order valence-electron chi connectivity index (χ1n) is 12.7. The fourth-order valence-corrected chi connectivity index (χ4v) is 6.11. The van der Waals surface area contributed by atoms with Gasteiger partial charge in [0.1, 0.15) is 12.6 Å². The van der Waals surface area contributed by atoms with Gasteiger partial charge in [-0.25, -0.2) is 8.42 Å². The fourth-order valence-electron chi connectivity index (χ4n) is 4.11. The molecule has 0 spiro atoms. The highest BCUT2D eigenvalue weighted by molar-refractivity contribution is 9.10. The highest BCUT2D eigenvalue weighted by Crippen LogP contribution is 2.28. The summed E-state index contributed by atoms with van der Waals surface area (Å²) < 4.78 is 29.6. The third kappa shape index (κ3) is 8.00. The second-order valence-electron chi connectivity index (χ2n) is 9.66. The summed E-state index contributed by atoms with van der Waals surface area (Å²) in [4.78, 5) is 28.7. The van der Waals surface area contributed by atoms with Gasteiger partial charge in [-0.3, -0.25) is 13.9 Å². The van der Waals surface area contributed by atoms with Gasteiger partial charge in [-0.1, -0.05) is 69.8 Å². The summed E-state index contributed by atoms with van der Waals surface area (Å²) >= 11 is 15.7. The van der Waals surface area contributed by atoms with E-state index in [1.807, 2.05) is 20.8 Å². The summed E-state index contributed by atoms with van der Waals surface area (Å²) in [5.74, 6) is -0.877. The van der Waals surface area contributed by atoms with Crippen molar-refractivity contribution in [3.05, 3.63) is 92.4 Å². The van der Waals surface area contributed by atoms with Crippen LogP contribution in [0.4, 0.5) is 5.69 Å². The number of carbonyl (C=O) groups is 2. The Kier molecular flexibility index (Phi) is 11.1. The molecule has 0 heterocycles. The van der Waals surface area contributed by atoms with Crippen LogP contribution in [0.2, 0.25) is 10.0 Å². The molecule has 0 saturated heterocycles. The molecular formula is C29H32BrCl2N3O4S. The minimum absolute atomic E-state index is 0.0263. The Morgan fingerprint density at radius 3 is 2.12 bits per heavy atom. The number of rotatable bonds is 11. The number of hydrogen-bond acceptors (Lipinski definition) is 4. The van der Waals surface area contributed by atoms with Gasteiger partial charge >= 0.3 is 0 Å². The zero-order valence-corrected chi connectivity index (χ0v) is 26.6. The number of carbonyl (C=O) groups excluding carboxylic acids is 2. The van der Waals surface area contributed by atoms with Crippen LogP contribution in [-0.2, 0) is 26.2 Å². The van der Waals surface area contributed by atoms with Crippen molar-refractivity contribution in [2.45, 2.75) is 57.6 Å². The van der Waals surface area contributed by atoms with E-state index in [1.165, 1.54) is 17.0 Å². The summed E-state index contributed by atoms with van der Waals surface area (Å²) in [7, 11) is -4.14. The molecule has 11 heteroatoms. The van der Waals surface area contributed by atoms with Crippen LogP contribution in [0, 0.1) is 6.92 Å². The Bertz CT molecular complexity index is 1450. The van der Waals surface area contributed by atoms with E-state index in [2.05, 4.69) is 21.2 Å². The van der Waals surface area contributed by atoms with Crippen molar-refractivity contribution in [3.8, 4) is 0 Å². The smallest absolute Gasteiger partial charge is 0.264 e. The fraction of sp³-hybridized carbons (Fsp3) is 0.310. The number of benzene rings is 3. The third-order valence-electron chi connectivity index (χ3n) is 6.16. The molecule has 3 aromatic carbocycles. The molecule has 1 atom stereocenters. The number of nitrogens with one attached hydrogen (secondary N) is 1. The third-order valence-corrected chi connectivity index (χ3v) is 9.21. The van der Waals surface area contributed by atoms with Crippen LogP contribution in [0.3, 0.4) is 0 Å². The number of amides is 2. The summed E-state index contributed by atoms with van der Waals surface area (Å²) in [5, 5.41) is 3.54. The molecular weight excluding hydrogens is 637 g/mol. The molecule has 3 aromatic rings. The van der Waals surface area contributed by atoms with Crippen LogP contribution in [-0.4, -0.2) is 43.8 Å². The van der Waals surface area contributed by atoms with Crippen molar-refractivity contribution in [3.63, 3.8) is 0 Å². The number of anilines is 1. The number of aryl methyl sites for hydroxylation is 1. The maximum atomic E-state index is 14.0. The number of halogens is 3. The predicted molar refractivity (Wildman–Crippen MR) is 164 cm³/mol. The molecule has 0 fully saturated rings. The lowest BCUT2D eigenvalue weighted by Crippen LogP contribution is -2.53. The zero-order valence-electron chi connectivity index (χ0n) is 22.7. The first-order chi connectivity index (χ1) is 18.8. The lowest BCUT2D eigenvalue weighted by atomic mass is 10.1. The molecule has 0 aliphatic rings. The van der Waals surface area contributed by atoms with Crippen molar-refractivity contribution in [2.75, 3.05) is 10.8 Å². The van der Waals surface area contributed by atoms with E-state index in [-0.39, 0.29) is 23.4 Å². The second-order valence-corrected chi connectivity index (χ2v) is 13.3. The molecule has 0 aromatic heterocycles. The summed E-state index contributed by atoms with van der Waals surface area (Å²) in [6.07, 6.45) is 0.314. The molecule has 2 amide bonds. The zero-order chi connectivity index (χ0) is 29.6. The van der Waals surface area contributed by atoms with E-state index in [9.17, 15) is 18.0 Å². The van der Waals surface area contributed by atoms with Crippen LogP contribution in [0.25, 0.3) is 0 Å². The van der Waals surface area contributed by atoms with Gasteiger partial charge in [0, 0.05) is 17.1 Å². The highest BCUT2D eigenvalue weighted by Gasteiger charge is 2.34. The van der Waals surface area contributed by atoms with Crippen molar-refractivity contribution >= 4 is 66.7 Å². The average Bonchev–Trinajstić information content (AvgIpc) is 2.89. The van der Waals surface area contributed by atoms with Gasteiger partial charge in [0.05, 0.1) is 20.6 Å². The van der Waals surface area contributed by atoms with Crippen molar-refractivity contribution in [1.29, 1.82) is 0 Å². The van der Waals surface area contributed by atoms with Gasteiger partial charge in [-0.05, 0) is 81.3 Å². The first-order valence-corrected chi connectivity index (χ1v) is 15.7. The first kappa shape index (κ1) is 31.9. The maximum Gasteiger partial charge on any atom is 0.264 e. The Labute approximate surface area is 254 Å². The van der Waals surface area contributed by atoms with Crippen molar-refractivity contribution in [2.24, 2.45) is 0 Å². The largest absolute Gasteiger partial charge is 0.352 e. The predicted octanol–water partition coefficient (Wildman–Crippen LogP) is 6.59. The number of nitrogens with zero attached hydrogens (tertiary/aromatic N) is 2. The van der Waals surface area contributed by atoms with Gasteiger partial charge in [-0.2, -0.15) is 0 Å². The molecule has 0 aliphatic carbocycles. The van der Waals surface area contributed by atoms with Gasteiger partial charge in [0.15, 0.2) is 0 Å². The highest BCUT2D eigenvalue weighted by atomic mass is 79.9. The number of hydrogen-bond donors (Lipinski definition) is 1. The monoisotopic (exact) mass is 667 g/mol. The number of sulfonamides is 1. The minimum Gasteiger partial charge on any atom is -0.352 e. The normalized spacial score (nSPS) is 12.2. The standard InChI is InChI=1S/C29H32BrCl2N3O4S/c1-5-27(29(37)33-19(2)3)34(17-21-8-15-25(31)26(32)16-21)28(36)18-35(23-11-9-22(30)10-12-23)40(38,39)24-13-6-20(4)7-14-24/h6-16,19,27H,5,17-18H2,1-4H3,(H,33,37)/t27-/m0/s1. The van der Waals surface area contributed by atoms with Crippen LogP contribution in [0.5, 0.6) is 0 Å². The summed E-state index contributed by atoms with van der Waals surface area (Å²) in [5.41, 5.74) is 1.86. The molecule has 0 unspecified atom stereocenters. The summed E-state index contributed by atoms with van der Waals surface area (Å²) in [6.45, 7) is 6.83. The second kappa shape index (κ2) is 13.9. The molecule has 3 rings (SSSR count). The van der Waals surface area contributed by atoms with Gasteiger partial charge in [0.2, 0.25) is 11.8 Å². The Morgan fingerprint density at radius 1 is 0.950 bits per heavy atom. The van der Waals surface area contributed by atoms with Crippen molar-refractivity contribution < 1.29 is 18.0 Å². The maximum absolute atomic E-state index is 14.0. The SMILES string of the molecule is CC[C@@H](C(=O)NC(C)C)N(Cc1ccc(Cl)c(Cl)c1)C(=O)CN(c1ccc(Br)cc1)S(=O)(=O)c1ccc(C)cc1. The minimum atomic E-state index is -4.14. The molecule has 0 bridgehead atoms. The van der Waals surface area contributed by atoms with E-state index in [1.54, 1.807) is 61.5 Å². The van der Waals surface area contributed by atoms with Crippen molar-refractivity contribution in [1.82, 2.24) is 10.2 Å². The lowest BCUT2D eigenvalue weighted by molar-refractivity contribution is -0.140. The van der Waals surface area contributed by atoms with Gasteiger partial charge < -0.3 is 10.2 Å². The van der Waals surface area contributed by atoms with Crippen LogP contribution in [0.15, 0.2) is 76.1 Å². The van der Waals surface area contributed by atoms with Crippen LogP contribution < -0.4 is 9.62 Å².